The molecule has 20 heavy (non-hydrogen) atoms. The van der Waals surface area contributed by atoms with Crippen LogP contribution in [-0.4, -0.2) is 9.55 Å². The van der Waals surface area contributed by atoms with Crippen LogP contribution < -0.4 is 0 Å². The van der Waals surface area contributed by atoms with Gasteiger partial charge in [-0.05, 0) is 38.8 Å². The Hall–Kier alpha value is -1.82. The SMILES string of the molecule is CCc1nc2ccccc2n1CCCCC(C)(C)C#N. The van der Waals surface area contributed by atoms with Gasteiger partial charge in [-0.25, -0.2) is 4.98 Å². The second-order valence-corrected chi connectivity index (χ2v) is 5.97. The van der Waals surface area contributed by atoms with Crippen molar-refractivity contribution in [3.05, 3.63) is 30.1 Å². The number of benzene rings is 1. The van der Waals surface area contributed by atoms with E-state index in [1.54, 1.807) is 0 Å². The Kier molecular flexibility index (Phi) is 4.44. The predicted molar refractivity (Wildman–Crippen MR) is 82.4 cm³/mol. The minimum absolute atomic E-state index is 0.204. The first-order chi connectivity index (χ1) is 9.57. The lowest BCUT2D eigenvalue weighted by atomic mass is 9.89. The fourth-order valence-corrected chi connectivity index (χ4v) is 2.54. The summed E-state index contributed by atoms with van der Waals surface area (Å²) in [5.74, 6) is 1.16. The van der Waals surface area contributed by atoms with Gasteiger partial charge in [0.25, 0.3) is 0 Å². The maximum Gasteiger partial charge on any atom is 0.109 e. The van der Waals surface area contributed by atoms with Crippen LogP contribution in [-0.2, 0) is 13.0 Å². The van der Waals surface area contributed by atoms with Gasteiger partial charge in [-0.15, -0.1) is 0 Å². The van der Waals surface area contributed by atoms with E-state index in [0.29, 0.717) is 0 Å². The summed E-state index contributed by atoms with van der Waals surface area (Å²) in [5.41, 5.74) is 2.11. The number of unbranched alkanes of at least 4 members (excludes halogenated alkanes) is 1. The van der Waals surface area contributed by atoms with Crippen LogP contribution in [0.3, 0.4) is 0 Å². The van der Waals surface area contributed by atoms with Gasteiger partial charge in [0.05, 0.1) is 22.5 Å². The number of rotatable bonds is 6. The number of nitrogens with zero attached hydrogens (tertiary/aromatic N) is 3. The molecule has 0 saturated carbocycles. The summed E-state index contributed by atoms with van der Waals surface area (Å²) in [6, 6.07) is 10.7. The van der Waals surface area contributed by atoms with Crippen molar-refractivity contribution in [3.63, 3.8) is 0 Å². The van der Waals surface area contributed by atoms with Gasteiger partial charge in [-0.3, -0.25) is 0 Å². The standard InChI is InChI=1S/C17H23N3/c1-4-16-19-14-9-5-6-10-15(14)20(16)12-8-7-11-17(2,3)13-18/h5-6,9-10H,4,7-8,11-12H2,1-3H3. The van der Waals surface area contributed by atoms with Crippen molar-refractivity contribution >= 4 is 11.0 Å². The molecule has 0 radical (unpaired) electrons. The number of para-hydroxylation sites is 2. The average molecular weight is 269 g/mol. The fourth-order valence-electron chi connectivity index (χ4n) is 2.54. The quantitative estimate of drug-likeness (QED) is 0.733. The Morgan fingerprint density at radius 3 is 2.70 bits per heavy atom. The van der Waals surface area contributed by atoms with Crippen LogP contribution in [0.1, 0.15) is 45.9 Å². The summed E-state index contributed by atoms with van der Waals surface area (Å²) in [5, 5.41) is 9.04. The average Bonchev–Trinajstić information content (AvgIpc) is 2.81. The summed E-state index contributed by atoms with van der Waals surface area (Å²) in [4.78, 5) is 4.69. The Bertz CT molecular complexity index is 617. The largest absolute Gasteiger partial charge is 0.328 e. The van der Waals surface area contributed by atoms with E-state index in [2.05, 4.69) is 40.7 Å². The summed E-state index contributed by atoms with van der Waals surface area (Å²) in [6.45, 7) is 7.16. The zero-order valence-corrected chi connectivity index (χ0v) is 12.7. The van der Waals surface area contributed by atoms with Gasteiger partial charge in [0.2, 0.25) is 0 Å². The molecule has 106 valence electrons. The summed E-state index contributed by atoms with van der Waals surface area (Å²) in [6.07, 6.45) is 4.09. The van der Waals surface area contributed by atoms with E-state index in [0.717, 1.165) is 43.6 Å². The number of hydrogen-bond acceptors (Lipinski definition) is 2. The minimum atomic E-state index is -0.204. The van der Waals surface area contributed by atoms with Crippen LogP contribution >= 0.6 is 0 Å². The first-order valence-corrected chi connectivity index (χ1v) is 7.43. The topological polar surface area (TPSA) is 41.6 Å². The van der Waals surface area contributed by atoms with Crippen molar-refractivity contribution in [2.75, 3.05) is 0 Å². The molecule has 0 saturated heterocycles. The first-order valence-electron chi connectivity index (χ1n) is 7.43. The Labute approximate surface area is 121 Å². The molecule has 0 spiro atoms. The molecule has 1 aromatic heterocycles. The Morgan fingerprint density at radius 1 is 1.25 bits per heavy atom. The van der Waals surface area contributed by atoms with E-state index in [9.17, 15) is 0 Å². The van der Waals surface area contributed by atoms with Crippen LogP contribution in [0.15, 0.2) is 24.3 Å². The molecule has 0 fully saturated rings. The Balaban J connectivity index is 2.04. The molecule has 0 N–H and O–H groups in total. The minimum Gasteiger partial charge on any atom is -0.328 e. The monoisotopic (exact) mass is 269 g/mol. The highest BCUT2D eigenvalue weighted by Crippen LogP contribution is 2.23. The molecule has 0 aliphatic heterocycles. The molecule has 2 rings (SSSR count). The molecule has 3 nitrogen and oxygen atoms in total. The Morgan fingerprint density at radius 2 is 2.00 bits per heavy atom. The molecule has 3 heteroatoms. The first kappa shape index (κ1) is 14.6. The molecule has 0 aliphatic carbocycles. The van der Waals surface area contributed by atoms with E-state index >= 15 is 0 Å². The number of fused-ring (bicyclic) bond motifs is 1. The van der Waals surface area contributed by atoms with Crippen molar-refractivity contribution in [2.24, 2.45) is 5.41 Å². The van der Waals surface area contributed by atoms with E-state index in [1.165, 1.54) is 5.52 Å². The van der Waals surface area contributed by atoms with Crippen LogP contribution in [0.5, 0.6) is 0 Å². The third-order valence-corrected chi connectivity index (χ3v) is 3.79. The smallest absolute Gasteiger partial charge is 0.109 e. The van der Waals surface area contributed by atoms with Gasteiger partial charge in [-0.2, -0.15) is 5.26 Å². The lowest BCUT2D eigenvalue weighted by molar-refractivity contribution is 0.416. The van der Waals surface area contributed by atoms with Crippen LogP contribution in [0.25, 0.3) is 11.0 Å². The van der Waals surface area contributed by atoms with Crippen molar-refractivity contribution in [1.82, 2.24) is 9.55 Å². The number of aromatic nitrogens is 2. The normalized spacial score (nSPS) is 11.7. The maximum absolute atomic E-state index is 9.04. The second kappa shape index (κ2) is 6.09. The van der Waals surface area contributed by atoms with Crippen molar-refractivity contribution in [1.29, 1.82) is 5.26 Å². The third-order valence-electron chi connectivity index (χ3n) is 3.79. The highest BCUT2D eigenvalue weighted by Gasteiger charge is 2.16. The lowest BCUT2D eigenvalue weighted by Gasteiger charge is -2.15. The predicted octanol–water partition coefficient (Wildman–Crippen LogP) is 4.32. The van der Waals surface area contributed by atoms with Crippen LogP contribution in [0.2, 0.25) is 0 Å². The van der Waals surface area contributed by atoms with E-state index in [1.807, 2.05) is 19.9 Å². The van der Waals surface area contributed by atoms with Gasteiger partial charge < -0.3 is 4.57 Å². The molecular weight excluding hydrogens is 246 g/mol. The fraction of sp³-hybridized carbons (Fsp3) is 0.529. The van der Waals surface area contributed by atoms with Gasteiger partial charge >= 0.3 is 0 Å². The van der Waals surface area contributed by atoms with Gasteiger partial charge in [0.15, 0.2) is 0 Å². The van der Waals surface area contributed by atoms with Crippen LogP contribution in [0, 0.1) is 16.7 Å². The summed E-state index contributed by atoms with van der Waals surface area (Å²) in [7, 11) is 0. The zero-order chi connectivity index (χ0) is 14.6. The molecule has 0 bridgehead atoms. The van der Waals surface area contributed by atoms with Crippen molar-refractivity contribution in [2.45, 2.75) is 53.0 Å². The molecule has 1 heterocycles. The molecule has 0 aliphatic rings. The second-order valence-electron chi connectivity index (χ2n) is 5.97. The van der Waals surface area contributed by atoms with Gasteiger partial charge in [0, 0.05) is 13.0 Å². The highest BCUT2D eigenvalue weighted by atomic mass is 15.1. The molecule has 0 atom stereocenters. The van der Waals surface area contributed by atoms with Crippen LogP contribution in [0.4, 0.5) is 0 Å². The number of aryl methyl sites for hydroxylation is 2. The van der Waals surface area contributed by atoms with E-state index in [4.69, 9.17) is 5.26 Å². The summed E-state index contributed by atoms with van der Waals surface area (Å²) < 4.78 is 2.33. The maximum atomic E-state index is 9.04. The molecule has 0 amide bonds. The van der Waals surface area contributed by atoms with Crippen molar-refractivity contribution in [3.8, 4) is 6.07 Å². The number of imidazole rings is 1. The molecule has 0 unspecified atom stereocenters. The third kappa shape index (κ3) is 3.19. The molecule has 2 aromatic rings. The zero-order valence-electron chi connectivity index (χ0n) is 12.7. The highest BCUT2D eigenvalue weighted by molar-refractivity contribution is 5.75. The van der Waals surface area contributed by atoms with E-state index in [-0.39, 0.29) is 5.41 Å². The molecular formula is C17H23N3. The van der Waals surface area contributed by atoms with Gasteiger partial charge in [-0.1, -0.05) is 25.5 Å². The number of nitriles is 1. The summed E-state index contributed by atoms with van der Waals surface area (Å²) >= 11 is 0. The van der Waals surface area contributed by atoms with Crippen molar-refractivity contribution < 1.29 is 0 Å². The van der Waals surface area contributed by atoms with E-state index < -0.39 is 0 Å². The molecule has 1 aromatic carbocycles. The van der Waals surface area contributed by atoms with Gasteiger partial charge in [0.1, 0.15) is 5.82 Å². The number of hydrogen-bond donors (Lipinski definition) is 0. The lowest BCUT2D eigenvalue weighted by Crippen LogP contribution is -2.09.